The van der Waals surface area contributed by atoms with Gasteiger partial charge in [0.05, 0.1) is 11.4 Å². The molecule has 1 heterocycles. The number of hydrogen-bond acceptors (Lipinski definition) is 4. The maximum absolute atomic E-state index is 12.4. The van der Waals surface area contributed by atoms with Gasteiger partial charge in [0.2, 0.25) is 11.8 Å². The molecule has 1 atom stereocenters. The minimum absolute atomic E-state index is 0.00373. The summed E-state index contributed by atoms with van der Waals surface area (Å²) < 4.78 is 0. The maximum Gasteiger partial charge on any atom is 0.246 e. The summed E-state index contributed by atoms with van der Waals surface area (Å²) in [5, 5.41) is 8.94. The van der Waals surface area contributed by atoms with Crippen molar-refractivity contribution in [3.63, 3.8) is 0 Å². The van der Waals surface area contributed by atoms with Gasteiger partial charge in [-0.25, -0.2) is 0 Å². The Morgan fingerprint density at radius 1 is 1.20 bits per heavy atom. The first kappa shape index (κ1) is 17.4. The van der Waals surface area contributed by atoms with E-state index in [9.17, 15) is 9.59 Å². The SMILES string of the molecule is CCc1ccc(NC(=O)[C@H](C)Nc2ccc3c(c2)NC(=O)CS3)cc1. The Morgan fingerprint density at radius 2 is 1.92 bits per heavy atom. The number of amides is 2. The lowest BCUT2D eigenvalue weighted by atomic mass is 10.1. The van der Waals surface area contributed by atoms with E-state index in [4.69, 9.17) is 0 Å². The first-order valence-corrected chi connectivity index (χ1v) is 9.26. The van der Waals surface area contributed by atoms with Gasteiger partial charge < -0.3 is 16.0 Å². The highest BCUT2D eigenvalue weighted by atomic mass is 32.2. The quantitative estimate of drug-likeness (QED) is 0.764. The van der Waals surface area contributed by atoms with Crippen molar-refractivity contribution in [3.8, 4) is 0 Å². The van der Waals surface area contributed by atoms with E-state index >= 15 is 0 Å². The molecule has 0 aromatic heterocycles. The Balaban J connectivity index is 1.63. The topological polar surface area (TPSA) is 70.2 Å². The summed E-state index contributed by atoms with van der Waals surface area (Å²) in [7, 11) is 0. The van der Waals surface area contributed by atoms with Crippen LogP contribution >= 0.6 is 11.8 Å². The zero-order valence-corrected chi connectivity index (χ0v) is 15.1. The Kier molecular flexibility index (Phi) is 5.28. The van der Waals surface area contributed by atoms with E-state index in [-0.39, 0.29) is 11.8 Å². The van der Waals surface area contributed by atoms with Crippen LogP contribution in [0.1, 0.15) is 19.4 Å². The van der Waals surface area contributed by atoms with Crippen LogP contribution in [0.2, 0.25) is 0 Å². The van der Waals surface area contributed by atoms with E-state index < -0.39 is 6.04 Å². The molecule has 6 heteroatoms. The number of thioether (sulfide) groups is 1. The summed E-state index contributed by atoms with van der Waals surface area (Å²) in [5.41, 5.74) is 3.60. The van der Waals surface area contributed by atoms with Crippen molar-refractivity contribution in [1.82, 2.24) is 0 Å². The van der Waals surface area contributed by atoms with Crippen molar-refractivity contribution in [2.45, 2.75) is 31.2 Å². The van der Waals surface area contributed by atoms with Crippen LogP contribution in [0.15, 0.2) is 47.4 Å². The molecule has 2 aromatic rings. The van der Waals surface area contributed by atoms with Crippen molar-refractivity contribution < 1.29 is 9.59 Å². The Labute approximate surface area is 151 Å². The average molecular weight is 355 g/mol. The molecular weight excluding hydrogens is 334 g/mol. The fraction of sp³-hybridized carbons (Fsp3) is 0.263. The third-order valence-corrected chi connectivity index (χ3v) is 5.09. The summed E-state index contributed by atoms with van der Waals surface area (Å²) >= 11 is 1.52. The van der Waals surface area contributed by atoms with E-state index in [1.807, 2.05) is 49.4 Å². The normalized spacial score (nSPS) is 14.2. The largest absolute Gasteiger partial charge is 0.374 e. The van der Waals surface area contributed by atoms with Gasteiger partial charge in [-0.15, -0.1) is 11.8 Å². The van der Waals surface area contributed by atoms with Crippen LogP contribution in [0.3, 0.4) is 0 Å². The first-order chi connectivity index (χ1) is 12.0. The number of nitrogens with one attached hydrogen (secondary N) is 3. The monoisotopic (exact) mass is 355 g/mol. The van der Waals surface area contributed by atoms with Gasteiger partial charge in [-0.2, -0.15) is 0 Å². The standard InChI is InChI=1S/C19H21N3O2S/c1-3-13-4-6-14(7-5-13)21-19(24)12(2)20-15-8-9-17-16(10-15)22-18(23)11-25-17/h4-10,12,20H,3,11H2,1-2H3,(H,21,24)(H,22,23)/t12-/m0/s1. The summed E-state index contributed by atoms with van der Waals surface area (Å²) in [6.45, 7) is 3.90. The van der Waals surface area contributed by atoms with E-state index in [2.05, 4.69) is 22.9 Å². The number of benzene rings is 2. The zero-order chi connectivity index (χ0) is 17.8. The van der Waals surface area contributed by atoms with Gasteiger partial charge in [-0.1, -0.05) is 19.1 Å². The molecule has 130 valence electrons. The molecule has 0 fully saturated rings. The molecule has 25 heavy (non-hydrogen) atoms. The molecule has 2 aromatic carbocycles. The van der Waals surface area contributed by atoms with E-state index in [0.717, 1.165) is 28.4 Å². The van der Waals surface area contributed by atoms with Crippen LogP contribution in [0, 0.1) is 0 Å². The Bertz CT molecular complexity index is 790. The molecule has 3 N–H and O–H groups in total. The van der Waals surface area contributed by atoms with Gasteiger partial charge in [0.15, 0.2) is 0 Å². The van der Waals surface area contributed by atoms with E-state index in [0.29, 0.717) is 5.75 Å². The lowest BCUT2D eigenvalue weighted by Gasteiger charge is -2.19. The second-order valence-electron chi connectivity index (χ2n) is 5.95. The van der Waals surface area contributed by atoms with E-state index in [1.165, 1.54) is 17.3 Å². The number of aryl methyl sites for hydroxylation is 1. The molecule has 0 bridgehead atoms. The molecule has 0 aliphatic carbocycles. The maximum atomic E-state index is 12.4. The number of hydrogen-bond donors (Lipinski definition) is 3. The highest BCUT2D eigenvalue weighted by molar-refractivity contribution is 8.00. The first-order valence-electron chi connectivity index (χ1n) is 8.28. The molecule has 0 spiro atoms. The fourth-order valence-electron chi connectivity index (χ4n) is 2.56. The van der Waals surface area contributed by atoms with Gasteiger partial charge in [-0.3, -0.25) is 9.59 Å². The van der Waals surface area contributed by atoms with Gasteiger partial charge in [-0.05, 0) is 49.2 Å². The number of fused-ring (bicyclic) bond motifs is 1. The predicted molar refractivity (Wildman–Crippen MR) is 103 cm³/mol. The highest BCUT2D eigenvalue weighted by Crippen LogP contribution is 2.33. The second kappa shape index (κ2) is 7.61. The van der Waals surface area contributed by atoms with Gasteiger partial charge >= 0.3 is 0 Å². The lowest BCUT2D eigenvalue weighted by Crippen LogP contribution is -2.32. The molecule has 1 aliphatic heterocycles. The van der Waals surface area contributed by atoms with Crippen LogP contribution in [-0.4, -0.2) is 23.6 Å². The molecule has 1 aliphatic rings. The van der Waals surface area contributed by atoms with Crippen LogP contribution in [0.5, 0.6) is 0 Å². The number of carbonyl (C=O) groups excluding carboxylic acids is 2. The number of carbonyl (C=O) groups is 2. The van der Waals surface area contributed by atoms with Crippen molar-refractivity contribution in [3.05, 3.63) is 48.0 Å². The predicted octanol–water partition coefficient (Wildman–Crippen LogP) is 3.73. The molecule has 0 radical (unpaired) electrons. The van der Waals surface area contributed by atoms with Crippen LogP contribution in [0.4, 0.5) is 17.1 Å². The molecule has 0 saturated heterocycles. The zero-order valence-electron chi connectivity index (χ0n) is 14.3. The van der Waals surface area contributed by atoms with Crippen LogP contribution in [0.25, 0.3) is 0 Å². The molecule has 5 nitrogen and oxygen atoms in total. The fourth-order valence-corrected chi connectivity index (χ4v) is 3.35. The third kappa shape index (κ3) is 4.33. The van der Waals surface area contributed by atoms with E-state index in [1.54, 1.807) is 0 Å². The van der Waals surface area contributed by atoms with Crippen LogP contribution in [-0.2, 0) is 16.0 Å². The van der Waals surface area contributed by atoms with Gasteiger partial charge in [0, 0.05) is 16.3 Å². The number of anilines is 3. The summed E-state index contributed by atoms with van der Waals surface area (Å²) in [6, 6.07) is 13.2. The minimum Gasteiger partial charge on any atom is -0.374 e. The molecule has 0 saturated carbocycles. The second-order valence-corrected chi connectivity index (χ2v) is 6.97. The number of rotatable bonds is 5. The van der Waals surface area contributed by atoms with Gasteiger partial charge in [0.1, 0.15) is 6.04 Å². The van der Waals surface area contributed by atoms with Crippen molar-refractivity contribution in [2.24, 2.45) is 0 Å². The summed E-state index contributed by atoms with van der Waals surface area (Å²) in [6.07, 6.45) is 0.972. The lowest BCUT2D eigenvalue weighted by molar-refractivity contribution is -0.116. The molecular formula is C19H21N3O2S. The summed E-state index contributed by atoms with van der Waals surface area (Å²) in [4.78, 5) is 24.9. The summed E-state index contributed by atoms with van der Waals surface area (Å²) in [5.74, 6) is 0.325. The Morgan fingerprint density at radius 3 is 2.64 bits per heavy atom. The highest BCUT2D eigenvalue weighted by Gasteiger charge is 2.17. The Hall–Kier alpha value is -2.47. The van der Waals surface area contributed by atoms with Crippen molar-refractivity contribution >= 4 is 40.6 Å². The average Bonchev–Trinajstić information content (AvgIpc) is 2.62. The van der Waals surface area contributed by atoms with Gasteiger partial charge in [0.25, 0.3) is 0 Å². The van der Waals surface area contributed by atoms with Crippen LogP contribution < -0.4 is 16.0 Å². The smallest absolute Gasteiger partial charge is 0.246 e. The van der Waals surface area contributed by atoms with Crippen molar-refractivity contribution in [2.75, 3.05) is 21.7 Å². The van der Waals surface area contributed by atoms with Crippen molar-refractivity contribution in [1.29, 1.82) is 0 Å². The molecule has 3 rings (SSSR count). The molecule has 0 unspecified atom stereocenters. The third-order valence-electron chi connectivity index (χ3n) is 4.02. The molecule has 2 amide bonds. The minimum atomic E-state index is -0.407.